The van der Waals surface area contributed by atoms with Gasteiger partial charge < -0.3 is 25.7 Å². The van der Waals surface area contributed by atoms with Gasteiger partial charge in [0.25, 0.3) is 0 Å². The fourth-order valence-corrected chi connectivity index (χ4v) is 4.56. The van der Waals surface area contributed by atoms with Gasteiger partial charge in [-0.25, -0.2) is 9.18 Å². The molecule has 0 atom stereocenters. The summed E-state index contributed by atoms with van der Waals surface area (Å²) < 4.78 is 29.4. The van der Waals surface area contributed by atoms with E-state index in [0.29, 0.717) is 42.6 Å². The Morgan fingerprint density at radius 2 is 1.39 bits per heavy atom. The van der Waals surface area contributed by atoms with Gasteiger partial charge in [-0.3, -0.25) is 9.79 Å². The molecule has 1 aliphatic carbocycles. The van der Waals surface area contributed by atoms with Crippen LogP contribution >= 0.6 is 12.4 Å². The third-order valence-electron chi connectivity index (χ3n) is 6.84. The van der Waals surface area contributed by atoms with Crippen molar-refractivity contribution in [3.63, 3.8) is 0 Å². The first-order chi connectivity index (χ1) is 19.4. The second kappa shape index (κ2) is 15.6. The lowest BCUT2D eigenvalue weighted by atomic mass is 9.82. The summed E-state index contributed by atoms with van der Waals surface area (Å²) in [7, 11) is 0. The van der Waals surface area contributed by atoms with E-state index in [9.17, 15) is 14.0 Å². The van der Waals surface area contributed by atoms with Crippen LogP contribution in [0.1, 0.15) is 42.5 Å². The van der Waals surface area contributed by atoms with Crippen LogP contribution in [0.5, 0.6) is 11.5 Å². The third-order valence-corrected chi connectivity index (χ3v) is 6.84. The number of benzene rings is 3. The minimum absolute atomic E-state index is 0. The van der Waals surface area contributed by atoms with Crippen LogP contribution < -0.4 is 20.9 Å². The van der Waals surface area contributed by atoms with Gasteiger partial charge in [0.1, 0.15) is 17.3 Å². The van der Waals surface area contributed by atoms with E-state index in [4.69, 9.17) is 25.7 Å². The molecule has 0 amide bonds. The molecule has 4 N–H and O–H groups in total. The summed E-state index contributed by atoms with van der Waals surface area (Å²) in [6, 6.07) is 20.2. The Labute approximate surface area is 245 Å². The Bertz CT molecular complexity index is 1290. The summed E-state index contributed by atoms with van der Waals surface area (Å²) >= 11 is 0. The van der Waals surface area contributed by atoms with Crippen LogP contribution in [0, 0.1) is 17.7 Å². The Kier molecular flexibility index (Phi) is 12.0. The molecule has 0 radical (unpaired) electrons. The number of rotatable bonds is 11. The molecular formula is C31H35ClFN3O5. The molecule has 0 saturated heterocycles. The van der Waals surface area contributed by atoms with Crippen molar-refractivity contribution in [2.24, 2.45) is 28.3 Å². The third kappa shape index (κ3) is 9.79. The van der Waals surface area contributed by atoms with Gasteiger partial charge in [0.05, 0.1) is 24.7 Å². The van der Waals surface area contributed by atoms with Gasteiger partial charge >= 0.3 is 11.9 Å². The normalized spacial score (nSPS) is 16.1. The largest absolute Gasteiger partial charge is 0.493 e. The van der Waals surface area contributed by atoms with Gasteiger partial charge in [-0.2, -0.15) is 0 Å². The van der Waals surface area contributed by atoms with E-state index in [1.165, 1.54) is 12.1 Å². The molecular weight excluding hydrogens is 549 g/mol. The van der Waals surface area contributed by atoms with Crippen LogP contribution in [0.25, 0.3) is 11.1 Å². The summed E-state index contributed by atoms with van der Waals surface area (Å²) in [5.41, 5.74) is 13.1. The molecule has 0 heterocycles. The van der Waals surface area contributed by atoms with Crippen LogP contribution in [0.4, 0.5) is 4.39 Å². The standard InChI is InChI=1S/C31H34FN3O5.ClH/c32-26-12-16-27(17-13-26)38-18-1-19-39-29(36)24-8-6-22(7-9-24)23-10-14-28(15-11-23)40-30(37)25-4-2-21(3-5-25)20-35-31(33)34;/h6-17,21,25H,1-5,18-20H2,(H4,33,34,35);1H. The molecule has 4 rings (SSSR count). The maximum Gasteiger partial charge on any atom is 0.338 e. The molecule has 1 fully saturated rings. The highest BCUT2D eigenvalue weighted by Gasteiger charge is 2.27. The van der Waals surface area contributed by atoms with E-state index < -0.39 is 5.97 Å². The summed E-state index contributed by atoms with van der Waals surface area (Å²) in [5, 5.41) is 0. The number of ether oxygens (including phenoxy) is 3. The second-order valence-electron chi connectivity index (χ2n) is 9.80. The topological polar surface area (TPSA) is 126 Å². The Balaban J connectivity index is 0.00000462. The summed E-state index contributed by atoms with van der Waals surface area (Å²) in [4.78, 5) is 29.1. The number of aliphatic imine (C=N–C) groups is 1. The van der Waals surface area contributed by atoms with Crippen molar-refractivity contribution in [3.8, 4) is 22.6 Å². The lowest BCUT2D eigenvalue weighted by molar-refractivity contribution is -0.140. The second-order valence-corrected chi connectivity index (χ2v) is 9.80. The van der Waals surface area contributed by atoms with Crippen molar-refractivity contribution >= 4 is 30.3 Å². The zero-order valence-corrected chi connectivity index (χ0v) is 23.5. The smallest absolute Gasteiger partial charge is 0.338 e. The van der Waals surface area contributed by atoms with Crippen molar-refractivity contribution < 1.29 is 28.2 Å². The number of esters is 2. The number of nitrogens with two attached hydrogens (primary N) is 2. The molecule has 0 aromatic heterocycles. The van der Waals surface area contributed by atoms with Crippen LogP contribution in [0.3, 0.4) is 0 Å². The van der Waals surface area contributed by atoms with Crippen molar-refractivity contribution in [2.45, 2.75) is 32.1 Å². The fourth-order valence-electron chi connectivity index (χ4n) is 4.56. The van der Waals surface area contributed by atoms with Crippen molar-refractivity contribution in [2.75, 3.05) is 19.8 Å². The number of hydrogen-bond donors (Lipinski definition) is 2. The predicted octanol–water partition coefficient (Wildman–Crippen LogP) is 5.53. The van der Waals surface area contributed by atoms with Crippen molar-refractivity contribution in [1.82, 2.24) is 0 Å². The van der Waals surface area contributed by atoms with Gasteiger partial charge in [0, 0.05) is 13.0 Å². The predicted molar refractivity (Wildman–Crippen MR) is 158 cm³/mol. The van der Waals surface area contributed by atoms with Crippen LogP contribution in [0.2, 0.25) is 0 Å². The number of carbonyl (C=O) groups is 2. The molecule has 41 heavy (non-hydrogen) atoms. The van der Waals surface area contributed by atoms with E-state index in [2.05, 4.69) is 4.99 Å². The maximum absolute atomic E-state index is 12.9. The first-order valence-electron chi connectivity index (χ1n) is 13.4. The molecule has 8 nitrogen and oxygen atoms in total. The molecule has 0 spiro atoms. The monoisotopic (exact) mass is 583 g/mol. The minimum atomic E-state index is -0.416. The molecule has 3 aromatic carbocycles. The van der Waals surface area contributed by atoms with Gasteiger partial charge in [-0.1, -0.05) is 24.3 Å². The summed E-state index contributed by atoms with van der Waals surface area (Å²) in [6.07, 6.45) is 3.83. The molecule has 0 unspecified atom stereocenters. The minimum Gasteiger partial charge on any atom is -0.493 e. The molecule has 10 heteroatoms. The number of hydrogen-bond acceptors (Lipinski definition) is 6. The lowest BCUT2D eigenvalue weighted by Crippen LogP contribution is -2.28. The molecule has 0 bridgehead atoms. The summed E-state index contributed by atoms with van der Waals surface area (Å²) in [6.45, 7) is 1.16. The van der Waals surface area contributed by atoms with Crippen molar-refractivity contribution in [3.05, 3.63) is 84.2 Å². The van der Waals surface area contributed by atoms with Crippen LogP contribution in [-0.2, 0) is 9.53 Å². The number of halogens is 2. The maximum atomic E-state index is 12.9. The van der Waals surface area contributed by atoms with Gasteiger partial charge in [-0.15, -0.1) is 12.4 Å². The van der Waals surface area contributed by atoms with E-state index in [1.54, 1.807) is 36.4 Å². The number of guanidine groups is 1. The fraction of sp³-hybridized carbons (Fsp3) is 0.323. The molecule has 0 aliphatic heterocycles. The average molecular weight is 584 g/mol. The van der Waals surface area contributed by atoms with E-state index in [0.717, 1.165) is 36.8 Å². The van der Waals surface area contributed by atoms with Crippen molar-refractivity contribution in [1.29, 1.82) is 0 Å². The average Bonchev–Trinajstić information content (AvgIpc) is 2.97. The quantitative estimate of drug-likeness (QED) is 0.0999. The van der Waals surface area contributed by atoms with E-state index in [-0.39, 0.29) is 42.7 Å². The molecule has 3 aromatic rings. The molecule has 1 saturated carbocycles. The van der Waals surface area contributed by atoms with Gasteiger partial charge in [-0.05, 0) is 91.3 Å². The zero-order chi connectivity index (χ0) is 28.3. The molecule has 1 aliphatic rings. The first kappa shape index (κ1) is 31.4. The highest BCUT2D eigenvalue weighted by molar-refractivity contribution is 5.90. The zero-order valence-electron chi connectivity index (χ0n) is 22.7. The first-order valence-corrected chi connectivity index (χ1v) is 13.4. The highest BCUT2D eigenvalue weighted by atomic mass is 35.5. The Morgan fingerprint density at radius 1 is 0.805 bits per heavy atom. The lowest BCUT2D eigenvalue weighted by Gasteiger charge is -2.26. The van der Waals surface area contributed by atoms with Gasteiger partial charge in [0.2, 0.25) is 0 Å². The Hall–Kier alpha value is -4.11. The highest BCUT2D eigenvalue weighted by Crippen LogP contribution is 2.31. The number of nitrogens with zero attached hydrogens (tertiary/aromatic N) is 1. The summed E-state index contributed by atoms with van der Waals surface area (Å²) in [5.74, 6) is 0.489. The SMILES string of the molecule is Cl.NC(N)=NCC1CCC(C(=O)Oc2ccc(-c3ccc(C(=O)OCCCOc4ccc(F)cc4)cc3)cc2)CC1. The van der Waals surface area contributed by atoms with Crippen LogP contribution in [0.15, 0.2) is 77.8 Å². The van der Waals surface area contributed by atoms with E-state index in [1.807, 2.05) is 24.3 Å². The van der Waals surface area contributed by atoms with Gasteiger partial charge in [0.15, 0.2) is 5.96 Å². The molecule has 218 valence electrons. The number of carbonyl (C=O) groups excluding carboxylic acids is 2. The van der Waals surface area contributed by atoms with E-state index >= 15 is 0 Å². The Morgan fingerprint density at radius 3 is 2.00 bits per heavy atom. The van der Waals surface area contributed by atoms with Crippen LogP contribution in [-0.4, -0.2) is 37.7 Å².